The average molecular weight is 513 g/mol. The molecule has 2 amide bonds. The van der Waals surface area contributed by atoms with Crippen LogP contribution in [-0.4, -0.2) is 66.4 Å². The summed E-state index contributed by atoms with van der Waals surface area (Å²) < 4.78 is 13.3. The summed E-state index contributed by atoms with van der Waals surface area (Å²) in [6.07, 6.45) is 8.67. The Kier molecular flexibility index (Phi) is 9.40. The van der Waals surface area contributed by atoms with Crippen LogP contribution >= 0.6 is 0 Å². The van der Waals surface area contributed by atoms with Gasteiger partial charge >= 0.3 is 0 Å². The van der Waals surface area contributed by atoms with E-state index in [9.17, 15) is 9.59 Å². The number of carbonyl (C=O) groups excluding carboxylic acids is 2. The van der Waals surface area contributed by atoms with Gasteiger partial charge < -0.3 is 19.7 Å². The molecule has 0 radical (unpaired) electrons. The number of methoxy groups -OCH3 is 2. The summed E-state index contributed by atoms with van der Waals surface area (Å²) >= 11 is 0. The molecule has 1 aliphatic heterocycles. The summed E-state index contributed by atoms with van der Waals surface area (Å²) in [5.41, 5.74) is 4.06. The molecule has 4 N–H and O–H groups in total. The van der Waals surface area contributed by atoms with Crippen molar-refractivity contribution in [2.45, 2.75) is 69.9 Å². The predicted octanol–water partition coefficient (Wildman–Crippen LogP) is 3.04. The maximum absolute atomic E-state index is 13.5. The van der Waals surface area contributed by atoms with Crippen LogP contribution in [0.3, 0.4) is 0 Å². The Labute approximate surface area is 218 Å². The van der Waals surface area contributed by atoms with Gasteiger partial charge in [-0.1, -0.05) is 25.3 Å². The van der Waals surface area contributed by atoms with Crippen LogP contribution in [0.2, 0.25) is 0 Å². The molecular formula is C27H40N6O4. The number of piperidine rings is 1. The lowest BCUT2D eigenvalue weighted by atomic mass is 10.1. The highest BCUT2D eigenvalue weighted by Gasteiger charge is 2.28. The summed E-state index contributed by atoms with van der Waals surface area (Å²) in [6.45, 7) is 2.93. The Morgan fingerprint density at radius 3 is 2.38 bits per heavy atom. The second kappa shape index (κ2) is 12.9. The number of hydrogen-bond donors (Lipinski definition) is 3. The number of likely N-dealkylation sites (tertiary alicyclic amines) is 1. The largest absolute Gasteiger partial charge is 0.496 e. The second-order valence-corrected chi connectivity index (χ2v) is 9.97. The molecule has 1 saturated heterocycles. The molecule has 1 aromatic carbocycles. The van der Waals surface area contributed by atoms with Crippen LogP contribution in [0.4, 0.5) is 0 Å². The van der Waals surface area contributed by atoms with Crippen LogP contribution < -0.4 is 26.1 Å². The van der Waals surface area contributed by atoms with E-state index in [1.54, 1.807) is 20.3 Å². The van der Waals surface area contributed by atoms with Gasteiger partial charge in [-0.2, -0.15) is 5.10 Å². The van der Waals surface area contributed by atoms with Gasteiger partial charge in [-0.3, -0.25) is 19.7 Å². The molecule has 1 atom stereocenters. The van der Waals surface area contributed by atoms with Gasteiger partial charge in [-0.05, 0) is 63.4 Å². The van der Waals surface area contributed by atoms with Gasteiger partial charge in [0.1, 0.15) is 11.5 Å². The number of ether oxygens (including phenoxy) is 2. The molecule has 4 rings (SSSR count). The first kappa shape index (κ1) is 26.9. The van der Waals surface area contributed by atoms with Crippen molar-refractivity contribution >= 4 is 11.8 Å². The van der Waals surface area contributed by atoms with Crippen molar-refractivity contribution in [3.63, 3.8) is 0 Å². The SMILES string of the molecule is COc1cccc(OC)c1-c1cc(C(=O)NC(CCN2CCCCC2)CC(=O)NN)nn1C1CCCC1. The van der Waals surface area contributed by atoms with Crippen LogP contribution in [0.15, 0.2) is 24.3 Å². The zero-order valence-electron chi connectivity index (χ0n) is 22.0. The van der Waals surface area contributed by atoms with Gasteiger partial charge in [0.05, 0.1) is 31.5 Å². The first-order chi connectivity index (χ1) is 18.0. The fourth-order valence-electron chi connectivity index (χ4n) is 5.51. The van der Waals surface area contributed by atoms with Crippen molar-refractivity contribution < 1.29 is 19.1 Å². The zero-order valence-corrected chi connectivity index (χ0v) is 22.0. The molecule has 202 valence electrons. The molecule has 2 fully saturated rings. The van der Waals surface area contributed by atoms with E-state index < -0.39 is 0 Å². The molecule has 1 aromatic heterocycles. The highest BCUT2D eigenvalue weighted by Crippen LogP contribution is 2.41. The molecule has 2 heterocycles. The fraction of sp³-hybridized carbons (Fsp3) is 0.593. The second-order valence-electron chi connectivity index (χ2n) is 9.97. The number of nitrogens with two attached hydrogens (primary N) is 1. The molecule has 0 bridgehead atoms. The molecule has 1 unspecified atom stereocenters. The third-order valence-corrected chi connectivity index (χ3v) is 7.49. The lowest BCUT2D eigenvalue weighted by molar-refractivity contribution is -0.121. The standard InChI is InChI=1S/C27H40N6O4/c1-36-23-11-8-12-24(37-2)26(23)22-18-21(31-33(22)20-9-4-5-10-20)27(35)29-19(17-25(34)30-28)13-16-32-14-6-3-7-15-32/h8,11-12,18-20H,3-7,9-10,13-17,28H2,1-2H3,(H,29,35)(H,30,34). The van der Waals surface area contributed by atoms with Gasteiger partial charge in [0.2, 0.25) is 5.91 Å². The molecule has 10 heteroatoms. The van der Waals surface area contributed by atoms with E-state index in [-0.39, 0.29) is 30.3 Å². The zero-order chi connectivity index (χ0) is 26.2. The van der Waals surface area contributed by atoms with E-state index >= 15 is 0 Å². The van der Waals surface area contributed by atoms with Gasteiger partial charge in [-0.25, -0.2) is 5.84 Å². The number of benzene rings is 1. The molecular weight excluding hydrogens is 472 g/mol. The van der Waals surface area contributed by atoms with Gasteiger partial charge in [0.15, 0.2) is 5.69 Å². The van der Waals surface area contributed by atoms with E-state index in [2.05, 4.69) is 15.6 Å². The number of aromatic nitrogens is 2. The van der Waals surface area contributed by atoms with Crippen LogP contribution in [0.5, 0.6) is 11.5 Å². The van der Waals surface area contributed by atoms with Crippen LogP contribution in [-0.2, 0) is 4.79 Å². The Morgan fingerprint density at radius 1 is 1.08 bits per heavy atom. The Bertz CT molecular complexity index is 1040. The molecule has 10 nitrogen and oxygen atoms in total. The van der Waals surface area contributed by atoms with Gasteiger partial charge in [0.25, 0.3) is 5.91 Å². The monoisotopic (exact) mass is 512 g/mol. The quantitative estimate of drug-likeness (QED) is 0.240. The highest BCUT2D eigenvalue weighted by atomic mass is 16.5. The lowest BCUT2D eigenvalue weighted by Gasteiger charge is -2.28. The topological polar surface area (TPSA) is 124 Å². The third kappa shape index (κ3) is 6.61. The first-order valence-electron chi connectivity index (χ1n) is 13.4. The number of amides is 2. The third-order valence-electron chi connectivity index (χ3n) is 7.49. The number of carbonyl (C=O) groups is 2. The average Bonchev–Trinajstić information content (AvgIpc) is 3.62. The van der Waals surface area contributed by atoms with Crippen LogP contribution in [0.1, 0.15) is 74.3 Å². The Hall–Kier alpha value is -3.11. The summed E-state index contributed by atoms with van der Waals surface area (Å²) in [4.78, 5) is 28.0. The summed E-state index contributed by atoms with van der Waals surface area (Å²) in [5, 5.41) is 7.84. The summed E-state index contributed by atoms with van der Waals surface area (Å²) in [6, 6.07) is 7.29. The minimum atomic E-state index is -0.348. The number of hydrazine groups is 1. The summed E-state index contributed by atoms with van der Waals surface area (Å²) in [5.74, 6) is 6.05. The maximum atomic E-state index is 13.5. The number of nitrogens with zero attached hydrogens (tertiary/aromatic N) is 3. The van der Waals surface area contributed by atoms with Crippen molar-refractivity contribution in [1.29, 1.82) is 0 Å². The Balaban J connectivity index is 1.60. The van der Waals surface area contributed by atoms with Gasteiger partial charge in [0, 0.05) is 19.0 Å². The van der Waals surface area contributed by atoms with Crippen LogP contribution in [0.25, 0.3) is 11.3 Å². The lowest BCUT2D eigenvalue weighted by Crippen LogP contribution is -2.43. The maximum Gasteiger partial charge on any atom is 0.272 e. The minimum Gasteiger partial charge on any atom is -0.496 e. The number of nitrogens with one attached hydrogen (secondary N) is 2. The smallest absolute Gasteiger partial charge is 0.272 e. The molecule has 37 heavy (non-hydrogen) atoms. The predicted molar refractivity (Wildman–Crippen MR) is 141 cm³/mol. The molecule has 0 spiro atoms. The van der Waals surface area contributed by atoms with E-state index in [1.165, 1.54) is 19.3 Å². The number of rotatable bonds is 11. The normalized spacial score (nSPS) is 17.4. The minimum absolute atomic E-state index is 0.118. The van der Waals surface area contributed by atoms with Crippen molar-refractivity contribution in [3.8, 4) is 22.8 Å². The van der Waals surface area contributed by atoms with E-state index in [4.69, 9.17) is 20.4 Å². The fourth-order valence-corrected chi connectivity index (χ4v) is 5.51. The molecule has 2 aliphatic rings. The van der Waals surface area contributed by atoms with E-state index in [0.29, 0.717) is 23.6 Å². The molecule has 1 saturated carbocycles. The van der Waals surface area contributed by atoms with Crippen molar-refractivity contribution in [3.05, 3.63) is 30.0 Å². The number of hydrogen-bond acceptors (Lipinski definition) is 7. The van der Waals surface area contributed by atoms with Crippen molar-refractivity contribution in [2.75, 3.05) is 33.9 Å². The Morgan fingerprint density at radius 2 is 1.76 bits per heavy atom. The summed E-state index contributed by atoms with van der Waals surface area (Å²) in [7, 11) is 3.25. The molecule has 1 aliphatic carbocycles. The first-order valence-corrected chi connectivity index (χ1v) is 13.4. The van der Waals surface area contributed by atoms with E-state index in [1.807, 2.05) is 22.9 Å². The van der Waals surface area contributed by atoms with Crippen molar-refractivity contribution in [1.82, 2.24) is 25.4 Å². The van der Waals surface area contributed by atoms with Crippen molar-refractivity contribution in [2.24, 2.45) is 5.84 Å². The van der Waals surface area contributed by atoms with Gasteiger partial charge in [-0.15, -0.1) is 0 Å². The highest BCUT2D eigenvalue weighted by molar-refractivity contribution is 5.94. The van der Waals surface area contributed by atoms with E-state index in [0.717, 1.165) is 56.6 Å². The van der Waals surface area contributed by atoms with Crippen LogP contribution in [0, 0.1) is 0 Å². The molecule has 2 aromatic rings.